The first-order valence-corrected chi connectivity index (χ1v) is 10.1. The zero-order valence-corrected chi connectivity index (χ0v) is 16.5. The number of rotatable bonds is 5. The summed E-state index contributed by atoms with van der Waals surface area (Å²) in [5.41, 5.74) is 3.31. The maximum absolute atomic E-state index is 5.75. The van der Waals surface area contributed by atoms with Gasteiger partial charge in [-0.05, 0) is 69.0 Å². The fourth-order valence-electron chi connectivity index (χ4n) is 4.16. The van der Waals surface area contributed by atoms with Crippen LogP contribution in [0.3, 0.4) is 0 Å². The Hall–Kier alpha value is -2.49. The minimum atomic E-state index is 0.182. The standard InChI is InChI=1S/C23H29N3O/c1-16(2)27-20-13-11-18(12-14-20)24-23-25-21-9-4-5-10-22(21)26(23)19-8-6-7-17(3)15-19/h4-5,9-14,16-17,19H,6-8,15H2,1-3H3,(H,24,25)/t17-,19?/m1/s1. The van der Waals surface area contributed by atoms with E-state index in [0.717, 1.165) is 28.8 Å². The van der Waals surface area contributed by atoms with Gasteiger partial charge in [0.15, 0.2) is 0 Å². The largest absolute Gasteiger partial charge is 0.491 e. The lowest BCUT2D eigenvalue weighted by Gasteiger charge is -2.29. The van der Waals surface area contributed by atoms with E-state index in [2.05, 4.69) is 53.2 Å². The molecule has 2 atom stereocenters. The molecule has 2 aromatic carbocycles. The van der Waals surface area contributed by atoms with Crippen LogP contribution in [0.4, 0.5) is 11.6 Å². The van der Waals surface area contributed by atoms with Crippen LogP contribution in [0.2, 0.25) is 0 Å². The summed E-state index contributed by atoms with van der Waals surface area (Å²) in [5.74, 6) is 2.60. The fourth-order valence-corrected chi connectivity index (χ4v) is 4.16. The third kappa shape index (κ3) is 3.95. The van der Waals surface area contributed by atoms with Gasteiger partial charge in [0.25, 0.3) is 0 Å². The molecule has 27 heavy (non-hydrogen) atoms. The second-order valence-electron chi connectivity index (χ2n) is 8.04. The Morgan fingerprint density at radius 3 is 2.59 bits per heavy atom. The van der Waals surface area contributed by atoms with Crippen molar-refractivity contribution in [3.63, 3.8) is 0 Å². The molecule has 1 heterocycles. The topological polar surface area (TPSA) is 39.1 Å². The summed E-state index contributed by atoms with van der Waals surface area (Å²) in [6, 6.07) is 17.1. The predicted molar refractivity (Wildman–Crippen MR) is 112 cm³/mol. The number of nitrogens with one attached hydrogen (secondary N) is 1. The third-order valence-corrected chi connectivity index (χ3v) is 5.35. The second-order valence-corrected chi connectivity index (χ2v) is 8.04. The van der Waals surface area contributed by atoms with Crippen molar-refractivity contribution in [1.82, 2.24) is 9.55 Å². The van der Waals surface area contributed by atoms with Gasteiger partial charge in [0.1, 0.15) is 5.75 Å². The molecule has 142 valence electrons. The molecular weight excluding hydrogens is 334 g/mol. The van der Waals surface area contributed by atoms with Gasteiger partial charge in [-0.25, -0.2) is 4.98 Å². The Balaban J connectivity index is 1.65. The van der Waals surface area contributed by atoms with Crippen molar-refractivity contribution in [3.05, 3.63) is 48.5 Å². The third-order valence-electron chi connectivity index (χ3n) is 5.35. The number of hydrogen-bond acceptors (Lipinski definition) is 3. The number of aromatic nitrogens is 2. The van der Waals surface area contributed by atoms with Crippen LogP contribution in [0.25, 0.3) is 11.0 Å². The number of benzene rings is 2. The van der Waals surface area contributed by atoms with Crippen LogP contribution in [0.5, 0.6) is 5.75 Å². The Labute approximate surface area is 161 Å². The van der Waals surface area contributed by atoms with Crippen LogP contribution < -0.4 is 10.1 Å². The van der Waals surface area contributed by atoms with Gasteiger partial charge < -0.3 is 14.6 Å². The lowest BCUT2D eigenvalue weighted by molar-refractivity contribution is 0.242. The van der Waals surface area contributed by atoms with E-state index < -0.39 is 0 Å². The molecule has 4 heteroatoms. The van der Waals surface area contributed by atoms with E-state index in [0.29, 0.717) is 6.04 Å². The molecule has 1 aliphatic carbocycles. The van der Waals surface area contributed by atoms with E-state index in [1.807, 2.05) is 26.0 Å². The monoisotopic (exact) mass is 363 g/mol. The highest BCUT2D eigenvalue weighted by molar-refractivity contribution is 5.80. The van der Waals surface area contributed by atoms with Gasteiger partial charge in [-0.1, -0.05) is 31.9 Å². The SMILES string of the molecule is CC(C)Oc1ccc(Nc2nc3ccccc3n2C2CCC[C@@H](C)C2)cc1. The summed E-state index contributed by atoms with van der Waals surface area (Å²) in [6.45, 7) is 6.45. The average Bonchev–Trinajstić information content (AvgIpc) is 3.01. The molecule has 1 saturated carbocycles. The summed E-state index contributed by atoms with van der Waals surface area (Å²) in [7, 11) is 0. The van der Waals surface area contributed by atoms with Gasteiger partial charge in [0, 0.05) is 11.7 Å². The Kier molecular flexibility index (Phi) is 5.06. The molecule has 1 N–H and O–H groups in total. The molecule has 4 rings (SSSR count). The molecule has 1 unspecified atom stereocenters. The molecule has 0 bridgehead atoms. The molecule has 0 saturated heterocycles. The van der Waals surface area contributed by atoms with Gasteiger partial charge in [0.05, 0.1) is 17.1 Å². The molecule has 3 aromatic rings. The lowest BCUT2D eigenvalue weighted by atomic mass is 9.87. The molecule has 1 fully saturated rings. The molecule has 0 spiro atoms. The molecule has 4 nitrogen and oxygen atoms in total. The Bertz CT molecular complexity index is 898. The number of imidazole rings is 1. The zero-order chi connectivity index (χ0) is 18.8. The van der Waals surface area contributed by atoms with Crippen molar-refractivity contribution in [1.29, 1.82) is 0 Å². The quantitative estimate of drug-likeness (QED) is 0.576. The van der Waals surface area contributed by atoms with Gasteiger partial charge >= 0.3 is 0 Å². The number of nitrogens with zero attached hydrogens (tertiary/aromatic N) is 2. The fraction of sp³-hybridized carbons (Fsp3) is 0.435. The van der Waals surface area contributed by atoms with Gasteiger partial charge in [-0.15, -0.1) is 0 Å². The van der Waals surface area contributed by atoms with Crippen molar-refractivity contribution < 1.29 is 4.74 Å². The molecule has 0 radical (unpaired) electrons. The van der Waals surface area contributed by atoms with Crippen LogP contribution in [0, 0.1) is 5.92 Å². The van der Waals surface area contributed by atoms with Crippen LogP contribution in [0.15, 0.2) is 48.5 Å². The highest BCUT2D eigenvalue weighted by atomic mass is 16.5. The minimum absolute atomic E-state index is 0.182. The van der Waals surface area contributed by atoms with Gasteiger partial charge in [-0.3, -0.25) is 0 Å². The van der Waals surface area contributed by atoms with Crippen molar-refractivity contribution in [2.75, 3.05) is 5.32 Å². The lowest BCUT2D eigenvalue weighted by Crippen LogP contribution is -2.19. The summed E-state index contributed by atoms with van der Waals surface area (Å²) in [4.78, 5) is 4.90. The second kappa shape index (κ2) is 7.63. The Morgan fingerprint density at radius 1 is 1.07 bits per heavy atom. The summed E-state index contributed by atoms with van der Waals surface area (Å²) < 4.78 is 8.17. The smallest absolute Gasteiger partial charge is 0.208 e. The number of para-hydroxylation sites is 2. The number of hydrogen-bond donors (Lipinski definition) is 1. The van der Waals surface area contributed by atoms with Crippen LogP contribution in [0.1, 0.15) is 52.5 Å². The van der Waals surface area contributed by atoms with E-state index in [1.54, 1.807) is 0 Å². The summed E-state index contributed by atoms with van der Waals surface area (Å²) >= 11 is 0. The van der Waals surface area contributed by atoms with Crippen molar-refractivity contribution >= 4 is 22.7 Å². The Morgan fingerprint density at radius 2 is 1.85 bits per heavy atom. The van der Waals surface area contributed by atoms with Crippen LogP contribution >= 0.6 is 0 Å². The maximum atomic E-state index is 5.75. The molecule has 1 aliphatic rings. The number of anilines is 2. The van der Waals surface area contributed by atoms with Crippen molar-refractivity contribution in [3.8, 4) is 5.75 Å². The first kappa shape index (κ1) is 17.9. The van der Waals surface area contributed by atoms with Gasteiger partial charge in [-0.2, -0.15) is 0 Å². The van der Waals surface area contributed by atoms with Crippen LogP contribution in [-0.2, 0) is 0 Å². The van der Waals surface area contributed by atoms with Gasteiger partial charge in [0.2, 0.25) is 5.95 Å². The summed E-state index contributed by atoms with van der Waals surface area (Å²) in [6.07, 6.45) is 5.25. The molecule has 0 aliphatic heterocycles. The van der Waals surface area contributed by atoms with E-state index in [-0.39, 0.29) is 6.10 Å². The highest BCUT2D eigenvalue weighted by Crippen LogP contribution is 2.37. The predicted octanol–water partition coefficient (Wildman–Crippen LogP) is 6.32. The average molecular weight is 364 g/mol. The normalized spacial score (nSPS) is 20.1. The van der Waals surface area contributed by atoms with Crippen molar-refractivity contribution in [2.45, 2.75) is 58.6 Å². The van der Waals surface area contributed by atoms with E-state index in [9.17, 15) is 0 Å². The van der Waals surface area contributed by atoms with E-state index >= 15 is 0 Å². The molecule has 0 amide bonds. The first-order valence-electron chi connectivity index (χ1n) is 10.1. The number of fused-ring (bicyclic) bond motifs is 1. The van der Waals surface area contributed by atoms with Crippen LogP contribution in [-0.4, -0.2) is 15.7 Å². The molecular formula is C23H29N3O. The zero-order valence-electron chi connectivity index (χ0n) is 16.5. The molecule has 1 aromatic heterocycles. The highest BCUT2D eigenvalue weighted by Gasteiger charge is 2.24. The van der Waals surface area contributed by atoms with Crippen molar-refractivity contribution in [2.24, 2.45) is 5.92 Å². The van der Waals surface area contributed by atoms with E-state index in [1.165, 1.54) is 31.2 Å². The van der Waals surface area contributed by atoms with E-state index in [4.69, 9.17) is 9.72 Å². The maximum Gasteiger partial charge on any atom is 0.208 e. The minimum Gasteiger partial charge on any atom is -0.491 e. The first-order chi connectivity index (χ1) is 13.1. The number of ether oxygens (including phenoxy) is 1. The summed E-state index contributed by atoms with van der Waals surface area (Å²) in [5, 5.41) is 3.55.